The van der Waals surface area contributed by atoms with Gasteiger partial charge in [-0.05, 0) is 68.1 Å². The molecule has 2 aliphatic rings. The Hall–Kier alpha value is -2.14. The molecule has 29 heavy (non-hydrogen) atoms. The monoisotopic (exact) mass is 414 g/mol. The lowest BCUT2D eigenvalue weighted by molar-refractivity contribution is -0.363. The van der Waals surface area contributed by atoms with Crippen LogP contribution in [-0.4, -0.2) is 21.6 Å². The smallest absolute Gasteiger partial charge is 0.393 e. The number of nitrogens with zero attached hydrogens (tertiary/aromatic N) is 2. The van der Waals surface area contributed by atoms with Crippen molar-refractivity contribution in [2.75, 3.05) is 0 Å². The van der Waals surface area contributed by atoms with Crippen molar-refractivity contribution in [1.82, 2.24) is 4.48 Å². The number of aromatic nitrogens is 1. The normalized spacial score (nSPS) is 18.0. The predicted octanol–water partition coefficient (Wildman–Crippen LogP) is 6.53. The molecule has 0 spiro atoms. The van der Waals surface area contributed by atoms with E-state index < -0.39 is 6.97 Å². The first-order chi connectivity index (χ1) is 13.7. The number of halogens is 3. The van der Waals surface area contributed by atoms with Gasteiger partial charge in [0.15, 0.2) is 5.70 Å². The van der Waals surface area contributed by atoms with Gasteiger partial charge in [-0.25, -0.2) is 0 Å². The molecule has 152 valence electrons. The van der Waals surface area contributed by atoms with Crippen molar-refractivity contribution in [3.8, 4) is 0 Å². The van der Waals surface area contributed by atoms with Crippen molar-refractivity contribution in [1.29, 1.82) is 0 Å². The first-order valence-corrected chi connectivity index (χ1v) is 10.6. The SMILES string of the molecule is CCC1=C(C)C2=C(c3cccc(Cl)c3)c3c(C)c(CC)c(C)n3[B-](F)(F)[N+]2=C1C. The topological polar surface area (TPSA) is 7.94 Å². The molecule has 0 aliphatic carbocycles. The second kappa shape index (κ2) is 6.70. The van der Waals surface area contributed by atoms with Gasteiger partial charge in [0.05, 0.1) is 5.57 Å². The number of rotatable bonds is 3. The fraction of sp³-hybridized carbons (Fsp3) is 0.348. The summed E-state index contributed by atoms with van der Waals surface area (Å²) in [7, 11) is 0. The van der Waals surface area contributed by atoms with E-state index in [1.807, 2.05) is 65.8 Å². The lowest BCUT2D eigenvalue weighted by Gasteiger charge is -2.34. The van der Waals surface area contributed by atoms with E-state index in [1.165, 1.54) is 8.96 Å². The highest BCUT2D eigenvalue weighted by Crippen LogP contribution is 2.47. The van der Waals surface area contributed by atoms with Crippen LogP contribution in [0.15, 0.2) is 41.1 Å². The number of fused-ring (bicyclic) bond motifs is 2. The van der Waals surface area contributed by atoms with Crippen molar-refractivity contribution in [2.24, 2.45) is 0 Å². The van der Waals surface area contributed by atoms with Gasteiger partial charge in [-0.1, -0.05) is 37.6 Å². The third-order valence-electron chi connectivity index (χ3n) is 6.61. The van der Waals surface area contributed by atoms with Crippen LogP contribution in [0.25, 0.3) is 5.57 Å². The van der Waals surface area contributed by atoms with Crippen LogP contribution in [-0.2, 0) is 6.42 Å². The molecular weight excluding hydrogens is 389 g/mol. The standard InChI is InChI=1S/C23H26BClF2N2/c1-7-19-13(3)22-21(17-10-9-11-18(25)12-17)23-14(4)20(8-2)16(6)29(23)24(26,27)28(22)15(19)5/h9-12H,7-8H2,1-6H3. The minimum atomic E-state index is -3.99. The van der Waals surface area contributed by atoms with Crippen LogP contribution in [0.3, 0.4) is 0 Å². The van der Waals surface area contributed by atoms with E-state index in [2.05, 4.69) is 0 Å². The van der Waals surface area contributed by atoms with E-state index in [0.29, 0.717) is 27.8 Å². The van der Waals surface area contributed by atoms with E-state index in [9.17, 15) is 0 Å². The molecule has 0 radical (unpaired) electrons. The van der Waals surface area contributed by atoms with Gasteiger partial charge in [0, 0.05) is 28.8 Å². The van der Waals surface area contributed by atoms with Crippen molar-refractivity contribution in [3.05, 3.63) is 74.2 Å². The van der Waals surface area contributed by atoms with Gasteiger partial charge in [0.25, 0.3) is 0 Å². The van der Waals surface area contributed by atoms with Crippen LogP contribution < -0.4 is 0 Å². The summed E-state index contributed by atoms with van der Waals surface area (Å²) in [6.07, 6.45) is 1.44. The molecule has 2 nitrogen and oxygen atoms in total. The summed E-state index contributed by atoms with van der Waals surface area (Å²) in [6, 6.07) is 7.54. The van der Waals surface area contributed by atoms with Gasteiger partial charge in [-0.3, -0.25) is 0 Å². The van der Waals surface area contributed by atoms with E-state index >= 15 is 8.63 Å². The highest BCUT2D eigenvalue weighted by molar-refractivity contribution is 6.58. The zero-order valence-electron chi connectivity index (χ0n) is 17.8. The van der Waals surface area contributed by atoms with Gasteiger partial charge >= 0.3 is 6.97 Å². The molecule has 4 rings (SSSR count). The molecule has 0 atom stereocenters. The van der Waals surface area contributed by atoms with Crippen LogP contribution in [0, 0.1) is 13.8 Å². The highest BCUT2D eigenvalue weighted by atomic mass is 35.5. The third kappa shape index (κ3) is 2.56. The van der Waals surface area contributed by atoms with E-state index in [0.717, 1.165) is 46.3 Å². The van der Waals surface area contributed by atoms with Crippen molar-refractivity contribution >= 4 is 29.9 Å². The largest absolute Gasteiger partial charge is 0.737 e. The Balaban J connectivity index is 2.24. The number of hydrogen-bond donors (Lipinski definition) is 0. The average Bonchev–Trinajstić information content (AvgIpc) is 3.07. The Morgan fingerprint density at radius 3 is 2.34 bits per heavy atom. The number of benzene rings is 1. The molecule has 0 N–H and O–H groups in total. The molecule has 1 aromatic carbocycles. The summed E-state index contributed by atoms with van der Waals surface area (Å²) >= 11 is 6.31. The molecule has 0 saturated heterocycles. The van der Waals surface area contributed by atoms with Crippen molar-refractivity contribution in [2.45, 2.75) is 54.4 Å². The molecular formula is C23H26BClF2N2. The maximum Gasteiger partial charge on any atom is 0.737 e. The molecule has 3 heterocycles. The predicted molar refractivity (Wildman–Crippen MR) is 118 cm³/mol. The zero-order valence-corrected chi connectivity index (χ0v) is 18.6. The molecule has 0 amide bonds. The Labute approximate surface area is 176 Å². The summed E-state index contributed by atoms with van der Waals surface area (Å²) in [5.74, 6) is 0. The molecule has 0 saturated carbocycles. The minimum Gasteiger partial charge on any atom is -0.393 e. The summed E-state index contributed by atoms with van der Waals surface area (Å²) in [5.41, 5.74) is 8.14. The van der Waals surface area contributed by atoms with Gasteiger partial charge < -0.3 is 17.6 Å². The minimum absolute atomic E-state index is 0.601. The number of hydrogen-bond acceptors (Lipinski definition) is 0. The highest BCUT2D eigenvalue weighted by Gasteiger charge is 2.56. The fourth-order valence-corrected chi connectivity index (χ4v) is 5.59. The zero-order chi connectivity index (χ0) is 21.2. The van der Waals surface area contributed by atoms with Crippen LogP contribution in [0.1, 0.15) is 62.2 Å². The molecule has 0 bridgehead atoms. The molecule has 0 unspecified atom stereocenters. The van der Waals surface area contributed by atoms with Crippen LogP contribution in [0.4, 0.5) is 8.63 Å². The lowest BCUT2D eigenvalue weighted by Crippen LogP contribution is -2.51. The van der Waals surface area contributed by atoms with Crippen LogP contribution in [0.5, 0.6) is 0 Å². The van der Waals surface area contributed by atoms with Crippen molar-refractivity contribution in [3.63, 3.8) is 0 Å². The summed E-state index contributed by atoms with van der Waals surface area (Å²) in [5, 5.41) is 0.601. The molecule has 6 heteroatoms. The molecule has 1 aromatic heterocycles. The Morgan fingerprint density at radius 1 is 1.07 bits per heavy atom. The Kier molecular flexibility index (Phi) is 4.65. The van der Waals surface area contributed by atoms with Gasteiger partial charge in [0.1, 0.15) is 5.71 Å². The van der Waals surface area contributed by atoms with Crippen LogP contribution >= 0.6 is 11.6 Å². The first kappa shape index (κ1) is 20.2. The second-order valence-corrected chi connectivity index (χ2v) is 8.43. The van der Waals surface area contributed by atoms with Crippen molar-refractivity contribution < 1.29 is 13.1 Å². The number of allylic oxidation sites excluding steroid dienone is 2. The maximum absolute atomic E-state index is 16.1. The third-order valence-corrected chi connectivity index (χ3v) is 6.84. The average molecular weight is 415 g/mol. The Bertz CT molecular complexity index is 1150. The van der Waals surface area contributed by atoms with Gasteiger partial charge in [0.2, 0.25) is 0 Å². The molecule has 2 aliphatic heterocycles. The quantitative estimate of drug-likeness (QED) is 0.504. The summed E-state index contributed by atoms with van der Waals surface area (Å²) in [6.45, 7) is 7.64. The van der Waals surface area contributed by atoms with E-state index in [4.69, 9.17) is 11.6 Å². The summed E-state index contributed by atoms with van der Waals surface area (Å²) in [4.78, 5) is 0. The van der Waals surface area contributed by atoms with E-state index in [-0.39, 0.29) is 0 Å². The molecule has 2 aromatic rings. The fourth-order valence-electron chi connectivity index (χ4n) is 5.40. The van der Waals surface area contributed by atoms with E-state index in [1.54, 1.807) is 0 Å². The van der Waals surface area contributed by atoms with Gasteiger partial charge in [-0.15, -0.1) is 0 Å². The van der Waals surface area contributed by atoms with Gasteiger partial charge in [-0.2, -0.15) is 0 Å². The summed E-state index contributed by atoms with van der Waals surface area (Å²) < 4.78 is 34.8. The van der Waals surface area contributed by atoms with Crippen LogP contribution in [0.2, 0.25) is 5.02 Å². The maximum atomic E-state index is 16.1. The lowest BCUT2D eigenvalue weighted by atomic mass is 9.83. The first-order valence-electron chi connectivity index (χ1n) is 10.2. The second-order valence-electron chi connectivity index (χ2n) is 8.00. The molecule has 0 fully saturated rings. The Morgan fingerprint density at radius 2 is 1.76 bits per heavy atom.